The number of amides is 3. The van der Waals surface area contributed by atoms with Crippen LogP contribution in [0.15, 0.2) is 72.8 Å². The number of benzene rings is 3. The molecule has 0 unspecified atom stereocenters. The number of rotatable bonds is 7. The van der Waals surface area contributed by atoms with Gasteiger partial charge >= 0.3 is 0 Å². The van der Waals surface area contributed by atoms with Gasteiger partial charge in [-0.05, 0) is 42.0 Å². The van der Waals surface area contributed by atoms with E-state index in [9.17, 15) is 18.8 Å². The summed E-state index contributed by atoms with van der Waals surface area (Å²) in [7, 11) is 1.76. The lowest BCUT2D eigenvalue weighted by Gasteiger charge is -2.37. The molecule has 3 aromatic carbocycles. The Morgan fingerprint density at radius 3 is 2.29 bits per heavy atom. The maximum atomic E-state index is 13.7. The molecule has 4 rings (SSSR count). The van der Waals surface area contributed by atoms with E-state index in [0.717, 1.165) is 11.3 Å². The van der Waals surface area contributed by atoms with Crippen LogP contribution in [0.3, 0.4) is 0 Å². The van der Waals surface area contributed by atoms with Gasteiger partial charge in [-0.1, -0.05) is 50.2 Å². The zero-order valence-electron chi connectivity index (χ0n) is 22.0. The van der Waals surface area contributed by atoms with Crippen LogP contribution in [0.25, 0.3) is 0 Å². The Labute approximate surface area is 222 Å². The molecule has 1 N–H and O–H groups in total. The second-order valence-corrected chi connectivity index (χ2v) is 9.81. The Morgan fingerprint density at radius 2 is 1.63 bits per heavy atom. The molecule has 8 heteroatoms. The summed E-state index contributed by atoms with van der Waals surface area (Å²) in [4.78, 5) is 44.3. The van der Waals surface area contributed by atoms with Crippen LogP contribution in [0.1, 0.15) is 40.1 Å². The Balaban J connectivity index is 1.55. The van der Waals surface area contributed by atoms with Gasteiger partial charge in [0.1, 0.15) is 5.82 Å². The number of halogens is 1. The SMILES string of the molecule is CC(C)C(=O)Nc1ccc(N2CCN(C(=O)c3cccc(F)c3)CC2)c(C(=O)N(C)Cc2ccccc2)c1. The van der Waals surface area contributed by atoms with Crippen LogP contribution in [0.5, 0.6) is 0 Å². The molecule has 7 nitrogen and oxygen atoms in total. The standard InChI is InChI=1S/C30H33FN4O3/c1-21(2)28(36)32-25-12-13-27(26(19-25)30(38)33(3)20-22-8-5-4-6-9-22)34-14-16-35(17-15-34)29(37)23-10-7-11-24(31)18-23/h4-13,18-19,21H,14-17,20H2,1-3H3,(H,32,36). The van der Waals surface area contributed by atoms with Crippen LogP contribution in [0.2, 0.25) is 0 Å². The molecule has 0 radical (unpaired) electrons. The zero-order valence-corrected chi connectivity index (χ0v) is 22.0. The van der Waals surface area contributed by atoms with Crippen molar-refractivity contribution in [3.63, 3.8) is 0 Å². The van der Waals surface area contributed by atoms with Crippen molar-refractivity contribution in [2.45, 2.75) is 20.4 Å². The van der Waals surface area contributed by atoms with Crippen LogP contribution >= 0.6 is 0 Å². The van der Waals surface area contributed by atoms with Gasteiger partial charge in [0.05, 0.1) is 5.56 Å². The molecule has 0 aromatic heterocycles. The first-order valence-electron chi connectivity index (χ1n) is 12.8. The number of piperazine rings is 1. The van der Waals surface area contributed by atoms with E-state index in [1.165, 1.54) is 18.2 Å². The summed E-state index contributed by atoms with van der Waals surface area (Å²) in [6, 6.07) is 20.8. The van der Waals surface area contributed by atoms with Gasteiger partial charge in [-0.15, -0.1) is 0 Å². The highest BCUT2D eigenvalue weighted by Gasteiger charge is 2.26. The monoisotopic (exact) mass is 516 g/mol. The van der Waals surface area contributed by atoms with Crippen LogP contribution < -0.4 is 10.2 Å². The van der Waals surface area contributed by atoms with E-state index in [-0.39, 0.29) is 23.6 Å². The van der Waals surface area contributed by atoms with Gasteiger partial charge in [0.2, 0.25) is 5.91 Å². The summed E-state index contributed by atoms with van der Waals surface area (Å²) in [5.74, 6) is -1.14. The molecule has 3 amide bonds. The molecule has 0 saturated carbocycles. The second kappa shape index (κ2) is 11.9. The van der Waals surface area contributed by atoms with E-state index < -0.39 is 5.82 Å². The average molecular weight is 517 g/mol. The highest BCUT2D eigenvalue weighted by Crippen LogP contribution is 2.28. The van der Waals surface area contributed by atoms with Gasteiger partial charge in [-0.2, -0.15) is 0 Å². The minimum atomic E-state index is -0.443. The molecule has 0 aliphatic carbocycles. The molecule has 38 heavy (non-hydrogen) atoms. The fourth-order valence-electron chi connectivity index (χ4n) is 4.44. The molecular formula is C30H33FN4O3. The van der Waals surface area contributed by atoms with Crippen molar-refractivity contribution in [1.29, 1.82) is 0 Å². The molecular weight excluding hydrogens is 483 g/mol. The number of nitrogens with zero attached hydrogens (tertiary/aromatic N) is 3. The number of carbonyl (C=O) groups is 3. The highest BCUT2D eigenvalue weighted by molar-refractivity contribution is 6.02. The van der Waals surface area contributed by atoms with Crippen LogP contribution in [-0.4, -0.2) is 60.7 Å². The Hall–Kier alpha value is -4.20. The molecule has 3 aromatic rings. The largest absolute Gasteiger partial charge is 0.367 e. The normalized spacial score (nSPS) is 13.4. The topological polar surface area (TPSA) is 73.0 Å². The zero-order chi connectivity index (χ0) is 27.2. The first-order valence-corrected chi connectivity index (χ1v) is 12.8. The summed E-state index contributed by atoms with van der Waals surface area (Å²) in [6.45, 7) is 5.98. The number of hydrogen-bond acceptors (Lipinski definition) is 4. The van der Waals surface area contributed by atoms with Gasteiger partial charge in [0, 0.05) is 62.6 Å². The Bertz CT molecular complexity index is 1300. The van der Waals surface area contributed by atoms with E-state index >= 15 is 0 Å². The third kappa shape index (κ3) is 6.37. The summed E-state index contributed by atoms with van der Waals surface area (Å²) in [5.41, 5.74) is 3.12. The third-order valence-corrected chi connectivity index (χ3v) is 6.61. The molecule has 1 aliphatic rings. The first kappa shape index (κ1) is 26.9. The third-order valence-electron chi connectivity index (χ3n) is 6.61. The molecule has 1 fully saturated rings. The highest BCUT2D eigenvalue weighted by atomic mass is 19.1. The lowest BCUT2D eigenvalue weighted by atomic mass is 10.1. The van der Waals surface area contributed by atoms with Crippen LogP contribution in [0, 0.1) is 11.7 Å². The van der Waals surface area contributed by atoms with E-state index in [1.54, 1.807) is 35.0 Å². The van der Waals surface area contributed by atoms with Crippen molar-refractivity contribution < 1.29 is 18.8 Å². The van der Waals surface area contributed by atoms with Crippen molar-refractivity contribution in [3.05, 3.63) is 95.3 Å². The molecule has 1 aliphatic heterocycles. The van der Waals surface area contributed by atoms with Gasteiger partial charge in [0.25, 0.3) is 11.8 Å². The lowest BCUT2D eigenvalue weighted by Crippen LogP contribution is -2.49. The van der Waals surface area contributed by atoms with E-state index in [1.807, 2.05) is 50.2 Å². The molecule has 0 bridgehead atoms. The Morgan fingerprint density at radius 1 is 0.921 bits per heavy atom. The van der Waals surface area contributed by atoms with Crippen molar-refractivity contribution in [2.75, 3.05) is 43.4 Å². The van der Waals surface area contributed by atoms with Crippen molar-refractivity contribution in [1.82, 2.24) is 9.80 Å². The summed E-state index contributed by atoms with van der Waals surface area (Å²) in [5, 5.41) is 2.89. The second-order valence-electron chi connectivity index (χ2n) is 9.81. The van der Waals surface area contributed by atoms with E-state index in [0.29, 0.717) is 49.5 Å². The lowest BCUT2D eigenvalue weighted by molar-refractivity contribution is -0.118. The predicted molar refractivity (Wildman–Crippen MR) is 147 cm³/mol. The molecule has 1 heterocycles. The molecule has 1 saturated heterocycles. The number of carbonyl (C=O) groups excluding carboxylic acids is 3. The van der Waals surface area contributed by atoms with E-state index in [4.69, 9.17) is 0 Å². The number of nitrogens with one attached hydrogen (secondary N) is 1. The van der Waals surface area contributed by atoms with Gasteiger partial charge in [-0.25, -0.2) is 4.39 Å². The van der Waals surface area contributed by atoms with Gasteiger partial charge < -0.3 is 20.0 Å². The minimum Gasteiger partial charge on any atom is -0.367 e. The summed E-state index contributed by atoms with van der Waals surface area (Å²) >= 11 is 0. The molecule has 198 valence electrons. The van der Waals surface area contributed by atoms with Gasteiger partial charge in [0.15, 0.2) is 0 Å². The van der Waals surface area contributed by atoms with Crippen molar-refractivity contribution in [3.8, 4) is 0 Å². The maximum Gasteiger partial charge on any atom is 0.256 e. The van der Waals surface area contributed by atoms with Crippen LogP contribution in [-0.2, 0) is 11.3 Å². The fourth-order valence-corrected chi connectivity index (χ4v) is 4.44. The minimum absolute atomic E-state index is 0.127. The first-order chi connectivity index (χ1) is 18.2. The Kier molecular flexibility index (Phi) is 8.41. The maximum absolute atomic E-state index is 13.7. The van der Waals surface area contributed by atoms with Crippen LogP contribution in [0.4, 0.5) is 15.8 Å². The molecule has 0 atom stereocenters. The van der Waals surface area contributed by atoms with E-state index in [2.05, 4.69) is 10.2 Å². The summed E-state index contributed by atoms with van der Waals surface area (Å²) < 4.78 is 13.6. The predicted octanol–water partition coefficient (Wildman–Crippen LogP) is 4.65. The van der Waals surface area contributed by atoms with Gasteiger partial charge in [-0.3, -0.25) is 14.4 Å². The number of hydrogen-bond donors (Lipinski definition) is 1. The quantitative estimate of drug-likeness (QED) is 0.496. The molecule has 0 spiro atoms. The fraction of sp³-hybridized carbons (Fsp3) is 0.300. The average Bonchev–Trinajstić information content (AvgIpc) is 2.92. The van der Waals surface area contributed by atoms with Crippen molar-refractivity contribution in [2.24, 2.45) is 5.92 Å². The van der Waals surface area contributed by atoms with Crippen molar-refractivity contribution >= 4 is 29.1 Å². The smallest absolute Gasteiger partial charge is 0.256 e. The number of anilines is 2. The summed E-state index contributed by atoms with van der Waals surface area (Å²) in [6.07, 6.45) is 0.